The number of benzene rings is 2. The minimum Gasteiger partial charge on any atom is -0.508 e. The van der Waals surface area contributed by atoms with Crippen molar-refractivity contribution in [2.45, 2.75) is 37.7 Å². The van der Waals surface area contributed by atoms with Gasteiger partial charge in [0.25, 0.3) is 0 Å². The number of phenolic OH excluding ortho intramolecular Hbond substituents is 1. The molecule has 0 aromatic heterocycles. The van der Waals surface area contributed by atoms with Crippen molar-refractivity contribution in [2.24, 2.45) is 0 Å². The van der Waals surface area contributed by atoms with Crippen LogP contribution in [0.1, 0.15) is 30.9 Å². The van der Waals surface area contributed by atoms with E-state index in [2.05, 4.69) is 42.2 Å². The van der Waals surface area contributed by atoms with Gasteiger partial charge in [0.2, 0.25) is 0 Å². The van der Waals surface area contributed by atoms with Gasteiger partial charge in [0.1, 0.15) is 17.6 Å². The van der Waals surface area contributed by atoms with Crippen molar-refractivity contribution in [2.75, 3.05) is 19.6 Å². The second kappa shape index (κ2) is 6.14. The Bertz CT molecular complexity index is 715. The zero-order chi connectivity index (χ0) is 16.6. The van der Waals surface area contributed by atoms with Crippen LogP contribution in [0.4, 0.5) is 0 Å². The molecule has 2 aromatic carbocycles. The maximum atomic E-state index is 9.89. The van der Waals surface area contributed by atoms with Gasteiger partial charge in [-0.3, -0.25) is 4.90 Å². The summed E-state index contributed by atoms with van der Waals surface area (Å²) in [4.78, 5) is 2.53. The third-order valence-corrected chi connectivity index (χ3v) is 5.87. The molecule has 0 spiro atoms. The molecule has 1 fully saturated rings. The fraction of sp³-hybridized carbons (Fsp3) is 0.429. The highest BCUT2D eigenvalue weighted by molar-refractivity contribution is 5.49. The van der Waals surface area contributed by atoms with Crippen molar-refractivity contribution in [3.05, 3.63) is 59.7 Å². The van der Waals surface area contributed by atoms with Crippen molar-refractivity contribution in [1.29, 1.82) is 0 Å². The van der Waals surface area contributed by atoms with Crippen molar-refractivity contribution in [3.8, 4) is 11.5 Å². The lowest BCUT2D eigenvalue weighted by molar-refractivity contribution is 0.0410. The number of nitrogens with zero attached hydrogens (tertiary/aromatic N) is 1. The Morgan fingerprint density at radius 2 is 2.04 bits per heavy atom. The van der Waals surface area contributed by atoms with Crippen LogP contribution in [-0.2, 0) is 11.8 Å². The largest absolute Gasteiger partial charge is 0.508 e. The number of aromatic hydroxyl groups is 1. The summed E-state index contributed by atoms with van der Waals surface area (Å²) >= 11 is 0. The summed E-state index contributed by atoms with van der Waals surface area (Å²) in [7, 11) is 0. The van der Waals surface area contributed by atoms with Crippen LogP contribution >= 0.6 is 0 Å². The first-order valence-electron chi connectivity index (χ1n) is 8.98. The van der Waals surface area contributed by atoms with E-state index in [0.717, 1.165) is 44.6 Å². The van der Waals surface area contributed by atoms with Crippen LogP contribution in [0.25, 0.3) is 0 Å². The van der Waals surface area contributed by atoms with Crippen LogP contribution in [0.15, 0.2) is 48.5 Å². The number of likely N-dealkylation sites (tertiary alicyclic amines) is 1. The maximum absolute atomic E-state index is 9.89. The molecular weight excluding hydrogens is 298 g/mol. The lowest BCUT2D eigenvalue weighted by Gasteiger charge is -2.42. The van der Waals surface area contributed by atoms with E-state index in [4.69, 9.17) is 4.74 Å². The Labute approximate surface area is 143 Å². The SMILES string of the molecule is CCC12CCN(CCc3ccccc3)CC1Oc1ccc(O)cc12. The van der Waals surface area contributed by atoms with Gasteiger partial charge in [-0.15, -0.1) is 0 Å². The Balaban J connectivity index is 1.48. The Kier molecular flexibility index (Phi) is 3.97. The highest BCUT2D eigenvalue weighted by Crippen LogP contribution is 2.50. The molecule has 4 rings (SSSR count). The molecule has 0 aliphatic carbocycles. The molecule has 2 aliphatic heterocycles. The van der Waals surface area contributed by atoms with Crippen molar-refractivity contribution in [1.82, 2.24) is 4.90 Å². The molecule has 0 bridgehead atoms. The summed E-state index contributed by atoms with van der Waals surface area (Å²) in [5.41, 5.74) is 2.67. The average Bonchev–Trinajstić information content (AvgIpc) is 2.94. The van der Waals surface area contributed by atoms with E-state index in [-0.39, 0.29) is 11.5 Å². The van der Waals surface area contributed by atoms with E-state index in [9.17, 15) is 5.11 Å². The molecule has 2 atom stereocenters. The normalized spacial score (nSPS) is 25.8. The molecule has 2 aliphatic rings. The van der Waals surface area contributed by atoms with E-state index in [1.54, 1.807) is 6.07 Å². The lowest BCUT2D eigenvalue weighted by atomic mass is 9.70. The minimum absolute atomic E-state index is 0.0668. The standard InChI is InChI=1S/C21H25NO2/c1-2-21-11-13-22(12-10-16-6-4-3-5-7-16)15-20(21)24-19-9-8-17(23)14-18(19)21/h3-9,14,20,23H,2,10-13,15H2,1H3. The molecule has 0 amide bonds. The van der Waals surface area contributed by atoms with Gasteiger partial charge in [0.15, 0.2) is 0 Å². The first kappa shape index (κ1) is 15.5. The van der Waals surface area contributed by atoms with Crippen LogP contribution < -0.4 is 4.74 Å². The topological polar surface area (TPSA) is 32.7 Å². The molecule has 3 heteroatoms. The molecule has 24 heavy (non-hydrogen) atoms. The van der Waals surface area contributed by atoms with Gasteiger partial charge in [0.05, 0.1) is 0 Å². The quantitative estimate of drug-likeness (QED) is 0.930. The van der Waals surface area contributed by atoms with E-state index in [1.807, 2.05) is 12.1 Å². The maximum Gasteiger partial charge on any atom is 0.124 e. The third kappa shape index (κ3) is 2.57. The minimum atomic E-state index is 0.0668. The molecule has 0 radical (unpaired) electrons. The number of piperidine rings is 1. The second-order valence-corrected chi connectivity index (χ2v) is 7.08. The fourth-order valence-electron chi connectivity index (χ4n) is 4.37. The predicted octanol–water partition coefficient (Wildman–Crippen LogP) is 3.75. The number of phenols is 1. The molecule has 3 nitrogen and oxygen atoms in total. The van der Waals surface area contributed by atoms with Crippen LogP contribution in [0, 0.1) is 0 Å². The smallest absolute Gasteiger partial charge is 0.124 e. The summed E-state index contributed by atoms with van der Waals surface area (Å²) in [5.74, 6) is 1.31. The number of hydrogen-bond acceptors (Lipinski definition) is 3. The summed E-state index contributed by atoms with van der Waals surface area (Å²) in [6, 6.07) is 16.3. The average molecular weight is 323 g/mol. The summed E-state index contributed by atoms with van der Waals surface area (Å²) < 4.78 is 6.29. The lowest BCUT2D eigenvalue weighted by Crippen LogP contribution is -2.53. The molecule has 1 saturated heterocycles. The van der Waals surface area contributed by atoms with Gasteiger partial charge in [-0.25, -0.2) is 0 Å². The van der Waals surface area contributed by atoms with E-state index in [0.29, 0.717) is 5.75 Å². The zero-order valence-corrected chi connectivity index (χ0v) is 14.2. The first-order valence-corrected chi connectivity index (χ1v) is 8.98. The van der Waals surface area contributed by atoms with Crippen molar-refractivity contribution >= 4 is 0 Å². The molecular formula is C21H25NO2. The highest BCUT2D eigenvalue weighted by atomic mass is 16.5. The Morgan fingerprint density at radius 3 is 2.83 bits per heavy atom. The summed E-state index contributed by atoms with van der Waals surface area (Å²) in [6.07, 6.45) is 3.43. The highest BCUT2D eigenvalue weighted by Gasteiger charge is 2.50. The second-order valence-electron chi connectivity index (χ2n) is 7.08. The van der Waals surface area contributed by atoms with Crippen LogP contribution in [0.3, 0.4) is 0 Å². The molecule has 2 aromatic rings. The van der Waals surface area contributed by atoms with Gasteiger partial charge in [-0.2, -0.15) is 0 Å². The molecule has 2 unspecified atom stereocenters. The van der Waals surface area contributed by atoms with Gasteiger partial charge in [-0.05, 0) is 49.6 Å². The number of fused-ring (bicyclic) bond motifs is 3. The van der Waals surface area contributed by atoms with Crippen molar-refractivity contribution in [3.63, 3.8) is 0 Å². The van der Waals surface area contributed by atoms with Crippen molar-refractivity contribution < 1.29 is 9.84 Å². The van der Waals surface area contributed by atoms with Gasteiger partial charge < -0.3 is 9.84 Å². The van der Waals surface area contributed by atoms with Gasteiger partial charge in [0, 0.05) is 24.1 Å². The van der Waals surface area contributed by atoms with Gasteiger partial charge in [-0.1, -0.05) is 37.3 Å². The van der Waals surface area contributed by atoms with E-state index in [1.165, 1.54) is 11.1 Å². The van der Waals surface area contributed by atoms with Crippen LogP contribution in [-0.4, -0.2) is 35.7 Å². The third-order valence-electron chi connectivity index (χ3n) is 5.87. The Hall–Kier alpha value is -2.00. The molecule has 2 heterocycles. The fourth-order valence-corrected chi connectivity index (χ4v) is 4.37. The monoisotopic (exact) mass is 323 g/mol. The van der Waals surface area contributed by atoms with Crippen LogP contribution in [0.2, 0.25) is 0 Å². The van der Waals surface area contributed by atoms with E-state index < -0.39 is 0 Å². The Morgan fingerprint density at radius 1 is 1.21 bits per heavy atom. The zero-order valence-electron chi connectivity index (χ0n) is 14.2. The predicted molar refractivity (Wildman–Crippen MR) is 95.7 cm³/mol. The summed E-state index contributed by atoms with van der Waals surface area (Å²) in [6.45, 7) is 5.38. The molecule has 1 N–H and O–H groups in total. The summed E-state index contributed by atoms with van der Waals surface area (Å²) in [5, 5.41) is 9.89. The first-order chi connectivity index (χ1) is 11.7. The van der Waals surface area contributed by atoms with Crippen LogP contribution in [0.5, 0.6) is 11.5 Å². The number of ether oxygens (including phenoxy) is 1. The number of rotatable bonds is 4. The molecule has 126 valence electrons. The van der Waals surface area contributed by atoms with E-state index >= 15 is 0 Å². The molecule has 0 saturated carbocycles. The van der Waals surface area contributed by atoms with Gasteiger partial charge >= 0.3 is 0 Å². The number of hydrogen-bond donors (Lipinski definition) is 1.